The normalized spacial score (nSPS) is 9.05. The van der Waals surface area contributed by atoms with Crippen LogP contribution in [0.15, 0.2) is 0 Å². The van der Waals surface area contributed by atoms with E-state index in [2.05, 4.69) is 0 Å². The van der Waals surface area contributed by atoms with E-state index in [1.165, 1.54) is 0 Å². The van der Waals surface area contributed by atoms with Crippen LogP contribution in [0.5, 0.6) is 0 Å². The first kappa shape index (κ1) is 24.4. The van der Waals surface area contributed by atoms with Crippen LogP contribution in [0.2, 0.25) is 0 Å². The van der Waals surface area contributed by atoms with Gasteiger partial charge in [-0.3, -0.25) is 19.2 Å². The number of hydrogen-bond donors (Lipinski definition) is 0. The quantitative estimate of drug-likeness (QED) is 0.329. The standard InChI is InChI=1S/2C6H8O4.Sn/c2*1-3(7)5(4(2)8)6(9)10;/h2*5H,1-2H3,(H,9,10);/q;;+2/p-2. The van der Waals surface area contributed by atoms with Gasteiger partial charge >= 0.3 is 23.9 Å². The maximum Gasteiger partial charge on any atom is 2.00 e. The zero-order valence-corrected chi connectivity index (χ0v) is 14.8. The Bertz CT molecular complexity index is 346. The second-order valence-corrected chi connectivity index (χ2v) is 3.95. The molecule has 0 saturated carbocycles. The van der Waals surface area contributed by atoms with Crippen LogP contribution in [0.1, 0.15) is 27.7 Å². The van der Waals surface area contributed by atoms with Crippen molar-refractivity contribution in [3.8, 4) is 0 Å². The summed E-state index contributed by atoms with van der Waals surface area (Å²) in [4.78, 5) is 61.6. The minimum atomic E-state index is -1.62. The van der Waals surface area contributed by atoms with Gasteiger partial charge in [0.1, 0.15) is 35.0 Å². The van der Waals surface area contributed by atoms with Crippen LogP contribution in [0.4, 0.5) is 0 Å². The van der Waals surface area contributed by atoms with E-state index < -0.39 is 46.9 Å². The van der Waals surface area contributed by atoms with Crippen LogP contribution in [-0.4, -0.2) is 59.0 Å². The Morgan fingerprint density at radius 3 is 0.714 bits per heavy atom. The molecule has 0 aromatic rings. The maximum absolute atomic E-state index is 10.4. The fourth-order valence-electron chi connectivity index (χ4n) is 1.24. The van der Waals surface area contributed by atoms with Crippen molar-refractivity contribution in [1.29, 1.82) is 0 Å². The van der Waals surface area contributed by atoms with E-state index in [9.17, 15) is 39.0 Å². The Hall–Kier alpha value is -1.58. The van der Waals surface area contributed by atoms with Gasteiger partial charge in [0.2, 0.25) is 0 Å². The maximum atomic E-state index is 10.4. The Morgan fingerprint density at radius 2 is 0.714 bits per heavy atom. The van der Waals surface area contributed by atoms with Crippen LogP contribution in [0.3, 0.4) is 0 Å². The molecule has 8 nitrogen and oxygen atoms in total. The summed E-state index contributed by atoms with van der Waals surface area (Å²) in [7, 11) is 0. The average Bonchev–Trinajstić information content (AvgIpc) is 2.12. The molecule has 0 bridgehead atoms. The fourth-order valence-corrected chi connectivity index (χ4v) is 1.24. The molecule has 0 spiro atoms. The third-order valence-corrected chi connectivity index (χ3v) is 2.10. The van der Waals surface area contributed by atoms with E-state index in [1.54, 1.807) is 0 Å². The molecule has 0 N–H and O–H groups in total. The van der Waals surface area contributed by atoms with E-state index in [-0.39, 0.29) is 23.9 Å². The van der Waals surface area contributed by atoms with Crippen molar-refractivity contribution in [2.24, 2.45) is 11.8 Å². The van der Waals surface area contributed by atoms with Crippen LogP contribution >= 0.6 is 0 Å². The fraction of sp³-hybridized carbons (Fsp3) is 0.500. The Kier molecular flexibility index (Phi) is 12.9. The summed E-state index contributed by atoms with van der Waals surface area (Å²) in [5.41, 5.74) is 0. The number of hydrogen-bond acceptors (Lipinski definition) is 8. The van der Waals surface area contributed by atoms with Crippen LogP contribution in [0.25, 0.3) is 0 Å². The van der Waals surface area contributed by atoms with Gasteiger partial charge in [-0.25, -0.2) is 0 Å². The number of aliphatic carboxylic acids is 2. The summed E-state index contributed by atoms with van der Waals surface area (Å²) >= 11 is 0. The third-order valence-electron chi connectivity index (χ3n) is 2.10. The summed E-state index contributed by atoms with van der Waals surface area (Å²) in [6.07, 6.45) is 0. The molecule has 0 fully saturated rings. The topological polar surface area (TPSA) is 149 Å². The zero-order chi connectivity index (χ0) is 16.6. The third kappa shape index (κ3) is 9.88. The van der Waals surface area contributed by atoms with Crippen LogP contribution in [0, 0.1) is 11.8 Å². The van der Waals surface area contributed by atoms with Crippen LogP contribution < -0.4 is 10.2 Å². The van der Waals surface area contributed by atoms with Crippen molar-refractivity contribution in [3.63, 3.8) is 0 Å². The second kappa shape index (κ2) is 11.1. The molecule has 21 heavy (non-hydrogen) atoms. The molecule has 0 aliphatic rings. The number of Topliss-reactive ketones (excluding diaryl/α,β-unsaturated/α-hetero) is 4. The zero-order valence-electron chi connectivity index (χ0n) is 11.9. The summed E-state index contributed by atoms with van der Waals surface area (Å²) in [5, 5.41) is 20.1. The van der Waals surface area contributed by atoms with Crippen molar-refractivity contribution < 1.29 is 39.0 Å². The van der Waals surface area contributed by atoms with E-state index in [1.807, 2.05) is 0 Å². The summed E-state index contributed by atoms with van der Waals surface area (Å²) < 4.78 is 0. The molecule has 9 heteroatoms. The van der Waals surface area contributed by atoms with Gasteiger partial charge < -0.3 is 19.8 Å². The summed E-state index contributed by atoms with van der Waals surface area (Å²) in [6, 6.07) is 0. The Labute approximate surface area is 137 Å². The molecule has 0 unspecified atom stereocenters. The van der Waals surface area contributed by atoms with Gasteiger partial charge in [0.15, 0.2) is 0 Å². The minimum absolute atomic E-state index is 0. The number of carboxylic acids is 2. The molecule has 0 amide bonds. The van der Waals surface area contributed by atoms with Gasteiger partial charge in [0.25, 0.3) is 0 Å². The molecule has 0 atom stereocenters. The molecular formula is C12H14O8Sn. The molecule has 2 radical (unpaired) electrons. The van der Waals surface area contributed by atoms with Gasteiger partial charge in [-0.2, -0.15) is 0 Å². The predicted molar refractivity (Wildman–Crippen MR) is 65.5 cm³/mol. The minimum Gasteiger partial charge on any atom is -0.549 e. The van der Waals surface area contributed by atoms with E-state index >= 15 is 0 Å². The van der Waals surface area contributed by atoms with E-state index in [0.29, 0.717) is 0 Å². The van der Waals surface area contributed by atoms with E-state index in [4.69, 9.17) is 0 Å². The summed E-state index contributed by atoms with van der Waals surface area (Å²) in [6.45, 7) is 4.17. The van der Waals surface area contributed by atoms with Crippen molar-refractivity contribution in [2.45, 2.75) is 27.7 Å². The van der Waals surface area contributed by atoms with Crippen molar-refractivity contribution >= 4 is 59.0 Å². The second-order valence-electron chi connectivity index (χ2n) is 3.95. The number of carboxylic acid groups (broad SMARTS) is 2. The van der Waals surface area contributed by atoms with Crippen molar-refractivity contribution in [1.82, 2.24) is 0 Å². The SMILES string of the molecule is CC(=O)C(C(C)=O)C(=O)[O-].CC(=O)C(C(C)=O)C(=O)[O-].[Sn+2]. The molecule has 0 aliphatic carbocycles. The van der Waals surface area contributed by atoms with Gasteiger partial charge in [0.05, 0.1) is 11.9 Å². The van der Waals surface area contributed by atoms with Gasteiger partial charge in [0, 0.05) is 0 Å². The smallest absolute Gasteiger partial charge is 0.549 e. The molecule has 0 saturated heterocycles. The van der Waals surface area contributed by atoms with Crippen molar-refractivity contribution in [3.05, 3.63) is 0 Å². The predicted octanol–water partition coefficient (Wildman–Crippen LogP) is -3.32. The largest absolute Gasteiger partial charge is 2.00 e. The number of ketones is 4. The summed E-state index contributed by atoms with van der Waals surface area (Å²) in [5.74, 6) is -9.17. The first-order valence-electron chi connectivity index (χ1n) is 5.37. The van der Waals surface area contributed by atoms with Gasteiger partial charge in [-0.1, -0.05) is 0 Å². The monoisotopic (exact) mass is 406 g/mol. The number of carbonyl (C=O) groups is 6. The first-order valence-corrected chi connectivity index (χ1v) is 5.37. The Morgan fingerprint density at radius 1 is 0.571 bits per heavy atom. The Balaban J connectivity index is -0.000000295. The molecular weight excluding hydrogens is 391 g/mol. The molecule has 0 rings (SSSR count). The van der Waals surface area contributed by atoms with Crippen LogP contribution in [-0.2, 0) is 28.8 Å². The van der Waals surface area contributed by atoms with Gasteiger partial charge in [-0.05, 0) is 27.7 Å². The molecule has 0 aromatic heterocycles. The number of carbonyl (C=O) groups excluding carboxylic acids is 6. The molecule has 114 valence electrons. The molecule has 0 aliphatic heterocycles. The van der Waals surface area contributed by atoms with Crippen molar-refractivity contribution in [2.75, 3.05) is 0 Å². The molecule has 0 aromatic carbocycles. The average molecular weight is 405 g/mol. The molecule has 0 heterocycles. The number of rotatable bonds is 6. The van der Waals surface area contributed by atoms with Gasteiger partial charge in [-0.15, -0.1) is 0 Å². The van der Waals surface area contributed by atoms with E-state index in [0.717, 1.165) is 27.7 Å². The first-order chi connectivity index (χ1) is 8.93.